The van der Waals surface area contributed by atoms with Crippen molar-refractivity contribution in [2.75, 3.05) is 0 Å². The summed E-state index contributed by atoms with van der Waals surface area (Å²) in [6.07, 6.45) is -3.53. The van der Waals surface area contributed by atoms with Gasteiger partial charge >= 0.3 is 6.18 Å². The molecule has 0 atom stereocenters. The first-order valence-corrected chi connectivity index (χ1v) is 6.16. The SMILES string of the molecule is CCc1csc(Oc2ccc(C(F)(F)F)cc2)n1. The number of aromatic nitrogens is 1. The van der Waals surface area contributed by atoms with Crippen LogP contribution in [0.3, 0.4) is 0 Å². The zero-order valence-electron chi connectivity index (χ0n) is 9.49. The van der Waals surface area contributed by atoms with Crippen molar-refractivity contribution >= 4 is 11.3 Å². The third-order valence-corrected chi connectivity index (χ3v) is 3.05. The van der Waals surface area contributed by atoms with Gasteiger partial charge < -0.3 is 4.74 Å². The van der Waals surface area contributed by atoms with Crippen LogP contribution in [-0.2, 0) is 12.6 Å². The molecule has 0 unspecified atom stereocenters. The van der Waals surface area contributed by atoms with Crippen LogP contribution in [0.4, 0.5) is 13.2 Å². The molecule has 0 bridgehead atoms. The lowest BCUT2D eigenvalue weighted by Crippen LogP contribution is -2.03. The fraction of sp³-hybridized carbons (Fsp3) is 0.250. The molecule has 1 aromatic heterocycles. The monoisotopic (exact) mass is 273 g/mol. The van der Waals surface area contributed by atoms with Crippen molar-refractivity contribution in [3.05, 3.63) is 40.9 Å². The van der Waals surface area contributed by atoms with Gasteiger partial charge in [-0.1, -0.05) is 18.3 Å². The van der Waals surface area contributed by atoms with E-state index >= 15 is 0 Å². The van der Waals surface area contributed by atoms with Crippen molar-refractivity contribution in [2.45, 2.75) is 19.5 Å². The van der Waals surface area contributed by atoms with Gasteiger partial charge in [-0.25, -0.2) is 4.98 Å². The summed E-state index contributed by atoms with van der Waals surface area (Å²) in [5, 5.41) is 2.30. The lowest BCUT2D eigenvalue weighted by molar-refractivity contribution is -0.137. The highest BCUT2D eigenvalue weighted by Crippen LogP contribution is 2.31. The van der Waals surface area contributed by atoms with Crippen LogP contribution in [0.5, 0.6) is 10.9 Å². The van der Waals surface area contributed by atoms with Gasteiger partial charge in [0, 0.05) is 5.38 Å². The number of nitrogens with zero attached hydrogens (tertiary/aromatic N) is 1. The molecule has 2 nitrogen and oxygen atoms in total. The fourth-order valence-electron chi connectivity index (χ4n) is 1.31. The molecule has 18 heavy (non-hydrogen) atoms. The molecule has 0 N–H and O–H groups in total. The van der Waals surface area contributed by atoms with E-state index in [4.69, 9.17) is 4.74 Å². The Morgan fingerprint density at radius 1 is 1.22 bits per heavy atom. The summed E-state index contributed by atoms with van der Waals surface area (Å²) >= 11 is 1.32. The Kier molecular flexibility index (Phi) is 3.56. The first kappa shape index (κ1) is 12.9. The molecule has 2 rings (SSSR count). The average molecular weight is 273 g/mol. The van der Waals surface area contributed by atoms with Crippen molar-refractivity contribution in [1.82, 2.24) is 4.98 Å². The van der Waals surface area contributed by atoms with Gasteiger partial charge in [0.25, 0.3) is 5.19 Å². The molecule has 0 saturated heterocycles. The maximum Gasteiger partial charge on any atom is 0.416 e. The molecular weight excluding hydrogens is 263 g/mol. The van der Waals surface area contributed by atoms with Crippen LogP contribution in [0.2, 0.25) is 0 Å². The standard InChI is InChI=1S/C12H10F3NOS/c1-2-9-7-18-11(16-9)17-10-5-3-8(4-6-10)12(13,14)15/h3-7H,2H2,1H3. The maximum atomic E-state index is 12.3. The van der Waals surface area contributed by atoms with Crippen molar-refractivity contribution in [3.63, 3.8) is 0 Å². The molecule has 0 aliphatic rings. The molecule has 6 heteroatoms. The zero-order valence-corrected chi connectivity index (χ0v) is 10.3. The minimum absolute atomic E-state index is 0.347. The Balaban J connectivity index is 2.11. The van der Waals surface area contributed by atoms with E-state index in [0.717, 1.165) is 24.2 Å². The fourth-order valence-corrected chi connectivity index (χ4v) is 2.08. The van der Waals surface area contributed by atoms with E-state index in [0.29, 0.717) is 10.9 Å². The third kappa shape index (κ3) is 3.01. The molecule has 2 aromatic rings. The summed E-state index contributed by atoms with van der Waals surface area (Å²) < 4.78 is 42.4. The second kappa shape index (κ2) is 4.97. The number of alkyl halides is 3. The number of thiazole rings is 1. The van der Waals surface area contributed by atoms with Gasteiger partial charge in [-0.3, -0.25) is 0 Å². The van der Waals surface area contributed by atoms with E-state index < -0.39 is 11.7 Å². The highest BCUT2D eigenvalue weighted by molar-refractivity contribution is 7.11. The number of halogens is 3. The first-order valence-electron chi connectivity index (χ1n) is 5.28. The van der Waals surface area contributed by atoms with Crippen LogP contribution >= 0.6 is 11.3 Å². The Morgan fingerprint density at radius 2 is 1.89 bits per heavy atom. The van der Waals surface area contributed by atoms with Crippen LogP contribution in [-0.4, -0.2) is 4.98 Å². The molecular formula is C12H10F3NOS. The molecule has 0 amide bonds. The molecule has 0 spiro atoms. The van der Waals surface area contributed by atoms with Gasteiger partial charge in [0.1, 0.15) is 5.75 Å². The van der Waals surface area contributed by atoms with Gasteiger partial charge in [-0.05, 0) is 30.7 Å². The van der Waals surface area contributed by atoms with E-state index in [9.17, 15) is 13.2 Å². The van der Waals surface area contributed by atoms with Crippen LogP contribution in [0.15, 0.2) is 29.6 Å². The largest absolute Gasteiger partial charge is 0.431 e. The molecule has 96 valence electrons. The van der Waals surface area contributed by atoms with Crippen LogP contribution in [0.25, 0.3) is 0 Å². The van der Waals surface area contributed by atoms with Crippen LogP contribution in [0.1, 0.15) is 18.2 Å². The Hall–Kier alpha value is -1.56. The summed E-state index contributed by atoms with van der Waals surface area (Å²) in [6, 6.07) is 4.55. The lowest BCUT2D eigenvalue weighted by atomic mass is 10.2. The molecule has 0 aliphatic heterocycles. The Labute approximate surface area is 106 Å². The maximum absolute atomic E-state index is 12.3. The van der Waals surface area contributed by atoms with Crippen molar-refractivity contribution < 1.29 is 17.9 Å². The summed E-state index contributed by atoms with van der Waals surface area (Å²) in [5.74, 6) is 0.347. The first-order chi connectivity index (χ1) is 8.49. The van der Waals surface area contributed by atoms with Gasteiger partial charge in [0.05, 0.1) is 11.3 Å². The second-order valence-corrected chi connectivity index (χ2v) is 4.40. The minimum atomic E-state index is -4.32. The predicted molar refractivity (Wildman–Crippen MR) is 63.0 cm³/mol. The number of aryl methyl sites for hydroxylation is 1. The molecule has 0 saturated carbocycles. The molecule has 0 aliphatic carbocycles. The minimum Gasteiger partial charge on any atom is -0.431 e. The number of rotatable bonds is 3. The number of benzene rings is 1. The lowest BCUT2D eigenvalue weighted by Gasteiger charge is -2.07. The zero-order chi connectivity index (χ0) is 13.2. The van der Waals surface area contributed by atoms with Gasteiger partial charge in [0.15, 0.2) is 0 Å². The highest BCUT2D eigenvalue weighted by atomic mass is 32.1. The van der Waals surface area contributed by atoms with E-state index in [1.54, 1.807) is 0 Å². The third-order valence-electron chi connectivity index (χ3n) is 2.28. The molecule has 0 fully saturated rings. The molecule has 1 heterocycles. The van der Waals surface area contributed by atoms with Gasteiger partial charge in [-0.15, -0.1) is 0 Å². The van der Waals surface area contributed by atoms with Crippen molar-refractivity contribution in [3.8, 4) is 10.9 Å². The highest BCUT2D eigenvalue weighted by Gasteiger charge is 2.30. The second-order valence-electron chi connectivity index (χ2n) is 3.58. The Bertz CT molecular complexity index is 519. The van der Waals surface area contributed by atoms with E-state index in [-0.39, 0.29) is 0 Å². The van der Waals surface area contributed by atoms with Crippen molar-refractivity contribution in [1.29, 1.82) is 0 Å². The summed E-state index contributed by atoms with van der Waals surface area (Å²) in [4.78, 5) is 4.17. The topological polar surface area (TPSA) is 22.1 Å². The molecule has 0 radical (unpaired) electrons. The van der Waals surface area contributed by atoms with Crippen molar-refractivity contribution in [2.24, 2.45) is 0 Å². The van der Waals surface area contributed by atoms with Gasteiger partial charge in [-0.2, -0.15) is 13.2 Å². The van der Waals surface area contributed by atoms with E-state index in [2.05, 4.69) is 4.98 Å². The summed E-state index contributed by atoms with van der Waals surface area (Å²) in [6.45, 7) is 1.97. The van der Waals surface area contributed by atoms with E-state index in [1.165, 1.54) is 23.5 Å². The quantitative estimate of drug-likeness (QED) is 0.820. The Morgan fingerprint density at radius 3 is 2.39 bits per heavy atom. The van der Waals surface area contributed by atoms with Crippen LogP contribution in [0, 0.1) is 0 Å². The number of ether oxygens (including phenoxy) is 1. The van der Waals surface area contributed by atoms with Crippen LogP contribution < -0.4 is 4.74 Å². The van der Waals surface area contributed by atoms with E-state index in [1.807, 2.05) is 12.3 Å². The number of hydrogen-bond acceptors (Lipinski definition) is 3. The number of hydrogen-bond donors (Lipinski definition) is 0. The normalized spacial score (nSPS) is 11.6. The average Bonchev–Trinajstić information content (AvgIpc) is 2.76. The summed E-state index contributed by atoms with van der Waals surface area (Å²) in [5.41, 5.74) is 0.213. The van der Waals surface area contributed by atoms with Gasteiger partial charge in [0.2, 0.25) is 0 Å². The summed E-state index contributed by atoms with van der Waals surface area (Å²) in [7, 11) is 0. The molecule has 1 aromatic carbocycles. The smallest absolute Gasteiger partial charge is 0.416 e. The predicted octanol–water partition coefficient (Wildman–Crippen LogP) is 4.52.